The molecule has 0 aliphatic rings. The van der Waals surface area contributed by atoms with Gasteiger partial charge in [0.15, 0.2) is 0 Å². The fraction of sp³-hybridized carbons (Fsp3) is 0.211. The lowest BCUT2D eigenvalue weighted by molar-refractivity contribution is 0.298. The van der Waals surface area contributed by atoms with Crippen LogP contribution in [0, 0.1) is 6.92 Å². The monoisotopic (exact) mass is 308 g/mol. The summed E-state index contributed by atoms with van der Waals surface area (Å²) in [6, 6.07) is 15.9. The molecule has 0 atom stereocenters. The number of para-hydroxylation sites is 2. The third-order valence-electron chi connectivity index (χ3n) is 3.99. The van der Waals surface area contributed by atoms with Gasteiger partial charge in [-0.1, -0.05) is 36.4 Å². The van der Waals surface area contributed by atoms with Crippen LogP contribution < -0.4 is 9.47 Å². The summed E-state index contributed by atoms with van der Waals surface area (Å²) in [6.45, 7) is 2.51. The van der Waals surface area contributed by atoms with Crippen LogP contribution in [0.15, 0.2) is 54.7 Å². The van der Waals surface area contributed by atoms with Gasteiger partial charge in [-0.2, -0.15) is 5.10 Å². The molecule has 0 unspecified atom stereocenters. The molecule has 118 valence electrons. The van der Waals surface area contributed by atoms with Gasteiger partial charge in [-0.3, -0.25) is 4.68 Å². The normalized spacial score (nSPS) is 10.6. The molecule has 0 saturated carbocycles. The van der Waals surface area contributed by atoms with Gasteiger partial charge in [0.1, 0.15) is 18.1 Å². The molecule has 0 aliphatic carbocycles. The molecule has 0 radical (unpaired) electrons. The number of methoxy groups -OCH3 is 1. The molecule has 0 N–H and O–H groups in total. The van der Waals surface area contributed by atoms with Crippen molar-refractivity contribution in [2.75, 3.05) is 7.11 Å². The van der Waals surface area contributed by atoms with Crippen molar-refractivity contribution in [3.8, 4) is 22.6 Å². The minimum Gasteiger partial charge on any atom is -0.496 e. The zero-order valence-corrected chi connectivity index (χ0v) is 13.6. The minimum atomic E-state index is 0.459. The van der Waals surface area contributed by atoms with Gasteiger partial charge in [-0.05, 0) is 19.1 Å². The van der Waals surface area contributed by atoms with Crippen LogP contribution in [-0.4, -0.2) is 16.9 Å². The highest BCUT2D eigenvalue weighted by atomic mass is 16.5. The lowest BCUT2D eigenvalue weighted by Crippen LogP contribution is -2.00. The number of hydrogen-bond donors (Lipinski definition) is 0. The van der Waals surface area contributed by atoms with Gasteiger partial charge in [-0.15, -0.1) is 0 Å². The van der Waals surface area contributed by atoms with Crippen molar-refractivity contribution in [1.82, 2.24) is 9.78 Å². The summed E-state index contributed by atoms with van der Waals surface area (Å²) < 4.78 is 13.3. The number of aryl methyl sites for hydroxylation is 1. The highest BCUT2D eigenvalue weighted by Crippen LogP contribution is 2.32. The third-order valence-corrected chi connectivity index (χ3v) is 3.99. The lowest BCUT2D eigenvalue weighted by Gasteiger charge is -2.13. The van der Waals surface area contributed by atoms with Crippen molar-refractivity contribution in [3.63, 3.8) is 0 Å². The van der Waals surface area contributed by atoms with Crippen LogP contribution in [0.25, 0.3) is 11.1 Å². The highest BCUT2D eigenvalue weighted by Gasteiger charge is 2.12. The number of ether oxygens (including phenoxy) is 2. The largest absolute Gasteiger partial charge is 0.496 e. The van der Waals surface area contributed by atoms with Crippen LogP contribution in [0.5, 0.6) is 11.5 Å². The quantitative estimate of drug-likeness (QED) is 0.715. The molecule has 0 bridgehead atoms. The van der Waals surface area contributed by atoms with Crippen LogP contribution in [0.1, 0.15) is 11.3 Å². The first-order valence-electron chi connectivity index (χ1n) is 7.53. The molecule has 4 heteroatoms. The van der Waals surface area contributed by atoms with E-state index in [0.29, 0.717) is 6.61 Å². The molecule has 0 aliphatic heterocycles. The summed E-state index contributed by atoms with van der Waals surface area (Å²) in [5, 5.41) is 4.32. The van der Waals surface area contributed by atoms with Crippen LogP contribution in [0.2, 0.25) is 0 Å². The maximum atomic E-state index is 6.07. The average molecular weight is 308 g/mol. The average Bonchev–Trinajstić information content (AvgIpc) is 2.92. The van der Waals surface area contributed by atoms with Crippen molar-refractivity contribution in [1.29, 1.82) is 0 Å². The molecule has 3 aromatic rings. The molecule has 0 spiro atoms. The van der Waals surface area contributed by atoms with Gasteiger partial charge in [0.05, 0.1) is 13.3 Å². The predicted octanol–water partition coefficient (Wildman–Crippen LogP) is 3.98. The Balaban J connectivity index is 1.88. The Labute approximate surface area is 136 Å². The second kappa shape index (κ2) is 6.57. The van der Waals surface area contributed by atoms with E-state index in [4.69, 9.17) is 9.47 Å². The highest BCUT2D eigenvalue weighted by molar-refractivity contribution is 5.71. The summed E-state index contributed by atoms with van der Waals surface area (Å²) in [4.78, 5) is 0. The summed E-state index contributed by atoms with van der Waals surface area (Å²) in [7, 11) is 3.61. The maximum Gasteiger partial charge on any atom is 0.127 e. The zero-order valence-electron chi connectivity index (χ0n) is 13.6. The van der Waals surface area contributed by atoms with Crippen molar-refractivity contribution in [3.05, 3.63) is 66.0 Å². The first-order chi connectivity index (χ1) is 11.2. The Morgan fingerprint density at radius 2 is 1.65 bits per heavy atom. The maximum absolute atomic E-state index is 6.07. The Morgan fingerprint density at radius 1 is 0.957 bits per heavy atom. The lowest BCUT2D eigenvalue weighted by atomic mass is 10.1. The first kappa shape index (κ1) is 15.2. The summed E-state index contributed by atoms with van der Waals surface area (Å²) in [6.07, 6.45) is 1.88. The molecule has 4 nitrogen and oxygen atoms in total. The van der Waals surface area contributed by atoms with Crippen molar-refractivity contribution in [2.45, 2.75) is 13.5 Å². The van der Waals surface area contributed by atoms with E-state index in [1.165, 1.54) is 0 Å². The summed E-state index contributed by atoms with van der Waals surface area (Å²) >= 11 is 0. The van der Waals surface area contributed by atoms with E-state index in [1.807, 2.05) is 60.4 Å². The molecule has 3 rings (SSSR count). The standard InChI is InChI=1S/C19H20N2O2/c1-14-17(12-20-21(14)2)16-9-5-7-11-19(16)23-13-15-8-4-6-10-18(15)22-3/h4-12H,13H2,1-3H3. The summed E-state index contributed by atoms with van der Waals surface area (Å²) in [5.41, 5.74) is 4.27. The minimum absolute atomic E-state index is 0.459. The third kappa shape index (κ3) is 3.06. The number of benzene rings is 2. The smallest absolute Gasteiger partial charge is 0.127 e. The van der Waals surface area contributed by atoms with Crippen LogP contribution in [0.3, 0.4) is 0 Å². The fourth-order valence-electron chi connectivity index (χ4n) is 2.56. The van der Waals surface area contributed by atoms with Gasteiger partial charge >= 0.3 is 0 Å². The number of rotatable bonds is 5. The van der Waals surface area contributed by atoms with E-state index in [0.717, 1.165) is 33.9 Å². The molecular formula is C19H20N2O2. The van der Waals surface area contributed by atoms with Crippen LogP contribution in [-0.2, 0) is 13.7 Å². The van der Waals surface area contributed by atoms with Crippen molar-refractivity contribution >= 4 is 0 Å². The Kier molecular flexibility index (Phi) is 4.33. The molecule has 1 heterocycles. The van der Waals surface area contributed by atoms with Gasteiger partial charge in [0.2, 0.25) is 0 Å². The number of hydrogen-bond acceptors (Lipinski definition) is 3. The van der Waals surface area contributed by atoms with Gasteiger partial charge in [-0.25, -0.2) is 0 Å². The SMILES string of the molecule is COc1ccccc1COc1ccccc1-c1cnn(C)c1C. The molecule has 1 aromatic heterocycles. The van der Waals surface area contributed by atoms with E-state index in [1.54, 1.807) is 7.11 Å². The number of nitrogens with zero attached hydrogens (tertiary/aromatic N) is 2. The Hall–Kier alpha value is -2.75. The topological polar surface area (TPSA) is 36.3 Å². The van der Waals surface area contributed by atoms with E-state index in [2.05, 4.69) is 18.1 Å². The van der Waals surface area contributed by atoms with E-state index < -0.39 is 0 Å². The Morgan fingerprint density at radius 3 is 2.35 bits per heavy atom. The van der Waals surface area contributed by atoms with Gasteiger partial charge in [0, 0.05) is 29.4 Å². The predicted molar refractivity (Wildman–Crippen MR) is 90.7 cm³/mol. The molecule has 2 aromatic carbocycles. The second-order valence-corrected chi connectivity index (χ2v) is 5.36. The molecular weight excluding hydrogens is 288 g/mol. The van der Waals surface area contributed by atoms with Crippen molar-refractivity contribution < 1.29 is 9.47 Å². The second-order valence-electron chi connectivity index (χ2n) is 5.36. The molecule has 0 saturated heterocycles. The van der Waals surface area contributed by atoms with Crippen LogP contribution in [0.4, 0.5) is 0 Å². The number of aromatic nitrogens is 2. The van der Waals surface area contributed by atoms with E-state index in [9.17, 15) is 0 Å². The molecule has 0 amide bonds. The molecule has 0 fully saturated rings. The zero-order chi connectivity index (χ0) is 16.2. The fourth-order valence-corrected chi connectivity index (χ4v) is 2.56. The van der Waals surface area contributed by atoms with E-state index in [-0.39, 0.29) is 0 Å². The Bertz CT molecular complexity index is 809. The van der Waals surface area contributed by atoms with Crippen molar-refractivity contribution in [2.24, 2.45) is 7.05 Å². The summed E-state index contributed by atoms with van der Waals surface area (Å²) in [5.74, 6) is 1.68. The molecule has 23 heavy (non-hydrogen) atoms. The first-order valence-corrected chi connectivity index (χ1v) is 7.53. The van der Waals surface area contributed by atoms with E-state index >= 15 is 0 Å². The van der Waals surface area contributed by atoms with Gasteiger partial charge < -0.3 is 9.47 Å². The van der Waals surface area contributed by atoms with Crippen LogP contribution >= 0.6 is 0 Å². The van der Waals surface area contributed by atoms with Gasteiger partial charge in [0.25, 0.3) is 0 Å².